The van der Waals surface area contributed by atoms with Crippen LogP contribution in [0.1, 0.15) is 24.0 Å². The zero-order chi connectivity index (χ0) is 22.6. The minimum atomic E-state index is -3.16. The molecule has 2 bridgehead atoms. The quantitative estimate of drug-likeness (QED) is 0.266. The SMILES string of the molecule is C[N+]1(C)C2C=CC1CC(OC(=O)C(F)(c1ccc(F)c(F)c1)c1ccc(F)c(F)c1)C2.[Br-]. The van der Waals surface area contributed by atoms with Gasteiger partial charge in [-0.25, -0.2) is 26.7 Å². The highest BCUT2D eigenvalue weighted by Crippen LogP contribution is 2.40. The molecular weight excluding hydrogens is 497 g/mol. The largest absolute Gasteiger partial charge is 1.00 e. The van der Waals surface area contributed by atoms with Crippen LogP contribution in [0.2, 0.25) is 0 Å². The van der Waals surface area contributed by atoms with Gasteiger partial charge >= 0.3 is 5.97 Å². The molecule has 2 aromatic rings. The van der Waals surface area contributed by atoms with Crippen LogP contribution >= 0.6 is 0 Å². The zero-order valence-electron chi connectivity index (χ0n) is 17.3. The second kappa shape index (κ2) is 8.59. The van der Waals surface area contributed by atoms with Crippen LogP contribution in [0, 0.1) is 23.3 Å². The number of ether oxygens (including phenoxy) is 1. The van der Waals surface area contributed by atoms with E-state index in [4.69, 9.17) is 4.74 Å². The topological polar surface area (TPSA) is 26.3 Å². The Labute approximate surface area is 192 Å². The number of hydrogen-bond donors (Lipinski definition) is 0. The standard InChI is InChI=1S/C23H21F5NO2.BrH/c1-29(2)15-5-6-16(29)12-17(11-15)31-22(30)23(28,13-3-7-18(24)20(26)9-13)14-4-8-19(25)21(27)10-14;/h3-10,15-17H,11-12H2,1-2H3;1H/q+1;/p-1. The Hall–Kier alpha value is -2.26. The second-order valence-electron chi connectivity index (χ2n) is 8.56. The molecule has 2 unspecified atom stereocenters. The molecule has 32 heavy (non-hydrogen) atoms. The normalized spacial score (nSPS) is 23.5. The summed E-state index contributed by atoms with van der Waals surface area (Å²) < 4.78 is 77.0. The van der Waals surface area contributed by atoms with Gasteiger partial charge in [0.1, 0.15) is 18.2 Å². The molecule has 2 aliphatic rings. The summed E-state index contributed by atoms with van der Waals surface area (Å²) in [6.45, 7) is 0. The summed E-state index contributed by atoms with van der Waals surface area (Å²) in [5.74, 6) is -6.62. The lowest BCUT2D eigenvalue weighted by Crippen LogP contribution is -3.00. The average Bonchev–Trinajstić information content (AvgIpc) is 2.88. The predicted octanol–water partition coefficient (Wildman–Crippen LogP) is 1.55. The van der Waals surface area contributed by atoms with E-state index in [-0.39, 0.29) is 29.1 Å². The number of nitrogens with zero attached hydrogens (tertiary/aromatic N) is 1. The lowest BCUT2D eigenvalue weighted by Gasteiger charge is -2.44. The van der Waals surface area contributed by atoms with Crippen LogP contribution in [0.15, 0.2) is 48.6 Å². The Morgan fingerprint density at radius 3 is 1.72 bits per heavy atom. The molecule has 0 radical (unpaired) electrons. The third-order valence-corrected chi connectivity index (χ3v) is 6.46. The van der Waals surface area contributed by atoms with Crippen molar-refractivity contribution in [3.8, 4) is 0 Å². The highest BCUT2D eigenvalue weighted by atomic mass is 79.9. The van der Waals surface area contributed by atoms with Gasteiger partial charge in [-0.1, -0.05) is 12.1 Å². The van der Waals surface area contributed by atoms with Gasteiger partial charge in [0.05, 0.1) is 14.1 Å². The number of piperidine rings is 1. The molecule has 0 amide bonds. The van der Waals surface area contributed by atoms with E-state index >= 15 is 4.39 Å². The van der Waals surface area contributed by atoms with Crippen molar-refractivity contribution >= 4 is 5.97 Å². The first-order valence-corrected chi connectivity index (χ1v) is 9.86. The number of carbonyl (C=O) groups excluding carboxylic acids is 1. The summed E-state index contributed by atoms with van der Waals surface area (Å²) in [6.07, 6.45) is 4.36. The van der Waals surface area contributed by atoms with Crippen LogP contribution in [0.4, 0.5) is 22.0 Å². The lowest BCUT2D eigenvalue weighted by atomic mass is 9.87. The van der Waals surface area contributed by atoms with Crippen LogP contribution in [0.5, 0.6) is 0 Å². The molecule has 0 aliphatic carbocycles. The third-order valence-electron chi connectivity index (χ3n) is 6.46. The molecule has 1 fully saturated rings. The Bertz CT molecular complexity index is 1000. The molecule has 2 heterocycles. The van der Waals surface area contributed by atoms with E-state index < -0.39 is 52.1 Å². The number of benzene rings is 2. The van der Waals surface area contributed by atoms with Gasteiger partial charge in [0.15, 0.2) is 23.3 Å². The minimum absolute atomic E-state index is 0. The molecule has 2 aromatic carbocycles. The Morgan fingerprint density at radius 2 is 1.31 bits per heavy atom. The maximum atomic E-state index is 16.3. The summed E-state index contributed by atoms with van der Waals surface area (Å²) >= 11 is 0. The van der Waals surface area contributed by atoms with Gasteiger partial charge < -0.3 is 26.2 Å². The van der Waals surface area contributed by atoms with E-state index in [1.54, 1.807) is 0 Å². The van der Waals surface area contributed by atoms with Crippen molar-refractivity contribution in [2.75, 3.05) is 14.1 Å². The number of esters is 1. The number of carbonyl (C=O) groups is 1. The van der Waals surface area contributed by atoms with Crippen molar-refractivity contribution in [3.63, 3.8) is 0 Å². The Balaban J connectivity index is 0.00000289. The molecule has 9 heteroatoms. The molecule has 2 atom stereocenters. The maximum Gasteiger partial charge on any atom is 0.353 e. The predicted molar refractivity (Wildman–Crippen MR) is 103 cm³/mol. The van der Waals surface area contributed by atoms with Crippen LogP contribution in [-0.2, 0) is 15.2 Å². The zero-order valence-corrected chi connectivity index (χ0v) is 18.9. The number of hydrogen-bond acceptors (Lipinski definition) is 2. The fraction of sp³-hybridized carbons (Fsp3) is 0.348. The number of alkyl halides is 1. The van der Waals surface area contributed by atoms with Crippen LogP contribution in [-0.4, -0.2) is 42.7 Å². The first kappa shape index (κ1) is 24.4. The summed E-state index contributed by atoms with van der Waals surface area (Å²) in [6, 6.07) is 4.29. The van der Waals surface area contributed by atoms with Crippen molar-refractivity contribution in [3.05, 3.63) is 82.9 Å². The summed E-state index contributed by atoms with van der Waals surface area (Å²) in [4.78, 5) is 13.1. The molecule has 172 valence electrons. The molecule has 1 saturated heterocycles. The lowest BCUT2D eigenvalue weighted by molar-refractivity contribution is -0.926. The summed E-state index contributed by atoms with van der Waals surface area (Å²) in [5, 5.41) is 0. The molecule has 0 aromatic heterocycles. The van der Waals surface area contributed by atoms with Gasteiger partial charge in [-0.3, -0.25) is 0 Å². The highest BCUT2D eigenvalue weighted by molar-refractivity contribution is 5.85. The van der Waals surface area contributed by atoms with Crippen molar-refractivity contribution in [1.29, 1.82) is 0 Å². The van der Waals surface area contributed by atoms with E-state index in [0.717, 1.165) is 12.1 Å². The van der Waals surface area contributed by atoms with Crippen molar-refractivity contribution < 1.29 is 52.9 Å². The first-order valence-electron chi connectivity index (χ1n) is 9.86. The monoisotopic (exact) mass is 517 g/mol. The van der Waals surface area contributed by atoms with Crippen molar-refractivity contribution in [1.82, 2.24) is 0 Å². The van der Waals surface area contributed by atoms with E-state index in [0.29, 0.717) is 41.6 Å². The molecule has 3 nitrogen and oxygen atoms in total. The summed E-state index contributed by atoms with van der Waals surface area (Å²) in [7, 11) is 4.10. The number of fused-ring (bicyclic) bond motifs is 2. The van der Waals surface area contributed by atoms with Gasteiger partial charge in [0, 0.05) is 24.0 Å². The fourth-order valence-corrected chi connectivity index (χ4v) is 4.43. The van der Waals surface area contributed by atoms with E-state index in [1.165, 1.54) is 0 Å². The van der Waals surface area contributed by atoms with Gasteiger partial charge in [-0.05, 0) is 36.4 Å². The molecule has 0 spiro atoms. The number of rotatable bonds is 4. The number of quaternary nitrogens is 1. The van der Waals surface area contributed by atoms with Gasteiger partial charge in [-0.15, -0.1) is 0 Å². The third kappa shape index (κ3) is 3.96. The Morgan fingerprint density at radius 1 is 0.875 bits per heavy atom. The molecule has 2 aliphatic heterocycles. The summed E-state index contributed by atoms with van der Waals surface area (Å²) in [5.41, 5.74) is -4.30. The number of likely N-dealkylation sites (N-methyl/N-ethyl adjacent to an activating group) is 1. The van der Waals surface area contributed by atoms with Crippen molar-refractivity contribution in [2.24, 2.45) is 0 Å². The van der Waals surface area contributed by atoms with Gasteiger partial charge in [-0.2, -0.15) is 0 Å². The van der Waals surface area contributed by atoms with E-state index in [2.05, 4.69) is 14.1 Å². The molecule has 0 N–H and O–H groups in total. The average molecular weight is 518 g/mol. The molecular formula is C23H21BrF5NO2. The second-order valence-corrected chi connectivity index (χ2v) is 8.56. The van der Waals surface area contributed by atoms with Crippen LogP contribution in [0.25, 0.3) is 0 Å². The van der Waals surface area contributed by atoms with E-state index in [9.17, 15) is 22.4 Å². The fourth-order valence-electron chi connectivity index (χ4n) is 4.43. The highest BCUT2D eigenvalue weighted by Gasteiger charge is 2.50. The van der Waals surface area contributed by atoms with E-state index in [1.807, 2.05) is 12.2 Å². The number of halogens is 6. The molecule has 0 saturated carbocycles. The van der Waals surface area contributed by atoms with Gasteiger partial charge in [0.2, 0.25) is 0 Å². The van der Waals surface area contributed by atoms with Crippen molar-refractivity contribution in [2.45, 2.75) is 36.7 Å². The first-order chi connectivity index (χ1) is 14.5. The molecule has 4 rings (SSSR count). The Kier molecular flexibility index (Phi) is 6.55. The smallest absolute Gasteiger partial charge is 0.353 e. The maximum absolute atomic E-state index is 16.3. The van der Waals surface area contributed by atoms with Crippen LogP contribution in [0.3, 0.4) is 0 Å². The van der Waals surface area contributed by atoms with Crippen LogP contribution < -0.4 is 17.0 Å². The van der Waals surface area contributed by atoms with Gasteiger partial charge in [0.25, 0.3) is 5.67 Å². The minimum Gasteiger partial charge on any atom is -1.00 e.